The van der Waals surface area contributed by atoms with Crippen LogP contribution in [-0.4, -0.2) is 5.11 Å². The average molecular weight is 321 g/mol. The maximum atomic E-state index is 12.9. The zero-order valence-electron chi connectivity index (χ0n) is 9.96. The number of aliphatic hydroxyl groups is 1. The second-order valence-corrected chi connectivity index (χ2v) is 4.92. The van der Waals surface area contributed by atoms with Crippen molar-refractivity contribution in [3.8, 4) is 0 Å². The van der Waals surface area contributed by atoms with Gasteiger partial charge in [-0.25, -0.2) is 0 Å². The first-order chi connectivity index (χ1) is 9.32. The SMILES string of the molecule is OC(c1ccccc1C(F)(F)F)c1cccc(Cl)c1Cl. The van der Waals surface area contributed by atoms with Gasteiger partial charge in [0.1, 0.15) is 6.10 Å². The third kappa shape index (κ3) is 2.92. The first kappa shape index (κ1) is 15.2. The van der Waals surface area contributed by atoms with Gasteiger partial charge in [-0.2, -0.15) is 13.2 Å². The van der Waals surface area contributed by atoms with Gasteiger partial charge in [-0.1, -0.05) is 53.5 Å². The molecule has 1 nitrogen and oxygen atoms in total. The van der Waals surface area contributed by atoms with Crippen molar-refractivity contribution >= 4 is 23.2 Å². The van der Waals surface area contributed by atoms with E-state index >= 15 is 0 Å². The van der Waals surface area contributed by atoms with Gasteiger partial charge < -0.3 is 5.11 Å². The minimum Gasteiger partial charge on any atom is -0.384 e. The standard InChI is InChI=1S/C14H9Cl2F3O/c15-11-7-3-5-9(12(11)16)13(20)8-4-1-2-6-10(8)14(17,18)19/h1-7,13,20H. The molecule has 0 radical (unpaired) electrons. The maximum Gasteiger partial charge on any atom is 0.416 e. The average Bonchev–Trinajstić information content (AvgIpc) is 2.40. The molecular weight excluding hydrogens is 312 g/mol. The summed E-state index contributed by atoms with van der Waals surface area (Å²) < 4.78 is 38.8. The fourth-order valence-electron chi connectivity index (χ4n) is 1.89. The van der Waals surface area contributed by atoms with E-state index in [9.17, 15) is 18.3 Å². The lowest BCUT2D eigenvalue weighted by Crippen LogP contribution is -2.12. The summed E-state index contributed by atoms with van der Waals surface area (Å²) in [5.41, 5.74) is -1.02. The van der Waals surface area contributed by atoms with E-state index in [4.69, 9.17) is 23.2 Å². The second-order valence-electron chi connectivity index (χ2n) is 4.13. The molecule has 0 aliphatic heterocycles. The van der Waals surface area contributed by atoms with Crippen molar-refractivity contribution in [2.75, 3.05) is 0 Å². The quantitative estimate of drug-likeness (QED) is 0.816. The molecule has 0 heterocycles. The van der Waals surface area contributed by atoms with Gasteiger partial charge >= 0.3 is 6.18 Å². The van der Waals surface area contributed by atoms with Gasteiger partial charge in [0.05, 0.1) is 15.6 Å². The van der Waals surface area contributed by atoms with Crippen molar-refractivity contribution in [1.82, 2.24) is 0 Å². The van der Waals surface area contributed by atoms with Gasteiger partial charge in [-0.05, 0) is 17.7 Å². The molecule has 0 saturated carbocycles. The van der Waals surface area contributed by atoms with Gasteiger partial charge in [-0.15, -0.1) is 0 Å². The molecule has 0 amide bonds. The van der Waals surface area contributed by atoms with Crippen LogP contribution in [-0.2, 0) is 6.18 Å². The van der Waals surface area contributed by atoms with E-state index in [1.54, 1.807) is 0 Å². The van der Waals surface area contributed by atoms with Crippen LogP contribution in [0.15, 0.2) is 42.5 Å². The molecule has 1 unspecified atom stereocenters. The first-order valence-corrected chi connectivity index (χ1v) is 6.36. The van der Waals surface area contributed by atoms with Crippen molar-refractivity contribution in [1.29, 1.82) is 0 Å². The summed E-state index contributed by atoms with van der Waals surface area (Å²) in [7, 11) is 0. The second kappa shape index (κ2) is 5.64. The molecule has 20 heavy (non-hydrogen) atoms. The number of alkyl halides is 3. The van der Waals surface area contributed by atoms with Crippen LogP contribution in [0.5, 0.6) is 0 Å². The fraction of sp³-hybridized carbons (Fsp3) is 0.143. The van der Waals surface area contributed by atoms with E-state index < -0.39 is 17.8 Å². The van der Waals surface area contributed by atoms with Crippen LogP contribution in [0.3, 0.4) is 0 Å². The van der Waals surface area contributed by atoms with Gasteiger partial charge in [0.2, 0.25) is 0 Å². The molecule has 0 bridgehead atoms. The van der Waals surface area contributed by atoms with Crippen LogP contribution in [0.1, 0.15) is 22.8 Å². The summed E-state index contributed by atoms with van der Waals surface area (Å²) in [5.74, 6) is 0. The van der Waals surface area contributed by atoms with Crippen molar-refractivity contribution < 1.29 is 18.3 Å². The summed E-state index contributed by atoms with van der Waals surface area (Å²) in [5, 5.41) is 10.4. The molecule has 6 heteroatoms. The minimum atomic E-state index is -4.55. The lowest BCUT2D eigenvalue weighted by molar-refractivity contribution is -0.139. The van der Waals surface area contributed by atoms with Crippen LogP contribution < -0.4 is 0 Å². The topological polar surface area (TPSA) is 20.2 Å². The summed E-state index contributed by atoms with van der Waals surface area (Å²) in [6, 6.07) is 9.26. The van der Waals surface area contributed by atoms with Crippen LogP contribution >= 0.6 is 23.2 Å². The molecule has 2 rings (SSSR count). The molecule has 2 aromatic carbocycles. The summed E-state index contributed by atoms with van der Waals surface area (Å²) >= 11 is 11.7. The lowest BCUT2D eigenvalue weighted by Gasteiger charge is -2.19. The number of aliphatic hydroxyl groups excluding tert-OH is 1. The van der Waals surface area contributed by atoms with E-state index in [0.717, 1.165) is 6.07 Å². The highest BCUT2D eigenvalue weighted by Crippen LogP contribution is 2.39. The monoisotopic (exact) mass is 320 g/mol. The van der Waals surface area contributed by atoms with Crippen molar-refractivity contribution in [2.24, 2.45) is 0 Å². The van der Waals surface area contributed by atoms with Crippen molar-refractivity contribution in [3.63, 3.8) is 0 Å². The number of halogens is 5. The maximum absolute atomic E-state index is 12.9. The van der Waals surface area contributed by atoms with Crippen LogP contribution in [0.2, 0.25) is 10.0 Å². The minimum absolute atomic E-state index is 0.0404. The zero-order valence-corrected chi connectivity index (χ0v) is 11.5. The fourth-order valence-corrected chi connectivity index (χ4v) is 2.30. The summed E-state index contributed by atoms with van der Waals surface area (Å²) in [6.45, 7) is 0. The number of hydrogen-bond donors (Lipinski definition) is 1. The van der Waals surface area contributed by atoms with Gasteiger partial charge in [0.15, 0.2) is 0 Å². The molecular formula is C14H9Cl2F3O. The Hall–Kier alpha value is -1.23. The Kier molecular flexibility index (Phi) is 4.28. The Morgan fingerprint density at radius 3 is 2.15 bits per heavy atom. The molecule has 1 N–H and O–H groups in total. The van der Waals surface area contributed by atoms with Crippen LogP contribution in [0, 0.1) is 0 Å². The Labute approximate surface area is 123 Å². The third-order valence-corrected chi connectivity index (χ3v) is 3.67. The molecule has 2 aromatic rings. The molecule has 0 aromatic heterocycles. The van der Waals surface area contributed by atoms with Crippen molar-refractivity contribution in [2.45, 2.75) is 12.3 Å². The Morgan fingerprint density at radius 1 is 0.900 bits per heavy atom. The van der Waals surface area contributed by atoms with Crippen LogP contribution in [0.25, 0.3) is 0 Å². The Bertz CT molecular complexity index is 626. The number of rotatable bonds is 2. The predicted octanol–water partition coefficient (Wildman–Crippen LogP) is 5.09. The number of benzene rings is 2. The highest BCUT2D eigenvalue weighted by molar-refractivity contribution is 6.42. The molecule has 106 valence electrons. The highest BCUT2D eigenvalue weighted by atomic mass is 35.5. The molecule has 0 aliphatic rings. The smallest absolute Gasteiger partial charge is 0.384 e. The van der Waals surface area contributed by atoms with E-state index in [2.05, 4.69) is 0 Å². The first-order valence-electron chi connectivity index (χ1n) is 5.60. The van der Waals surface area contributed by atoms with E-state index in [1.807, 2.05) is 0 Å². The normalized spacial score (nSPS) is 13.3. The van der Waals surface area contributed by atoms with Gasteiger partial charge in [0, 0.05) is 5.56 Å². The van der Waals surface area contributed by atoms with E-state index in [0.29, 0.717) is 0 Å². The van der Waals surface area contributed by atoms with Crippen molar-refractivity contribution in [3.05, 3.63) is 69.2 Å². The zero-order chi connectivity index (χ0) is 14.9. The van der Waals surface area contributed by atoms with Crippen LogP contribution in [0.4, 0.5) is 13.2 Å². The molecule has 0 saturated heterocycles. The van der Waals surface area contributed by atoms with Gasteiger partial charge in [0.25, 0.3) is 0 Å². The molecule has 0 aliphatic carbocycles. The van der Waals surface area contributed by atoms with E-state index in [-0.39, 0.29) is 21.2 Å². The third-order valence-electron chi connectivity index (χ3n) is 2.84. The predicted molar refractivity (Wildman–Crippen MR) is 72.0 cm³/mol. The summed E-state index contributed by atoms with van der Waals surface area (Å²) in [4.78, 5) is 0. The molecule has 0 spiro atoms. The Balaban J connectivity index is 2.55. The van der Waals surface area contributed by atoms with E-state index in [1.165, 1.54) is 36.4 Å². The molecule has 1 atom stereocenters. The summed E-state index contributed by atoms with van der Waals surface area (Å²) in [6.07, 6.45) is -6.05. The Morgan fingerprint density at radius 2 is 1.50 bits per heavy atom. The molecule has 0 fully saturated rings. The van der Waals surface area contributed by atoms with Gasteiger partial charge in [-0.3, -0.25) is 0 Å². The highest BCUT2D eigenvalue weighted by Gasteiger charge is 2.35. The lowest BCUT2D eigenvalue weighted by atomic mass is 9.96. The number of hydrogen-bond acceptors (Lipinski definition) is 1. The largest absolute Gasteiger partial charge is 0.416 e.